The maximum absolute atomic E-state index is 12.9. The number of carbonyl (C=O) groups is 1. The summed E-state index contributed by atoms with van der Waals surface area (Å²) in [6.45, 7) is 2.49. The maximum atomic E-state index is 12.9. The number of ether oxygens (including phenoxy) is 2. The highest BCUT2D eigenvalue weighted by molar-refractivity contribution is 5.93. The van der Waals surface area contributed by atoms with E-state index in [0.717, 1.165) is 19.6 Å². The summed E-state index contributed by atoms with van der Waals surface area (Å²) in [5.41, 5.74) is 6.24. The van der Waals surface area contributed by atoms with Gasteiger partial charge in [-0.2, -0.15) is 0 Å². The van der Waals surface area contributed by atoms with Gasteiger partial charge in [-0.3, -0.25) is 4.79 Å². The maximum Gasteiger partial charge on any atom is 0.226 e. The van der Waals surface area contributed by atoms with Crippen LogP contribution in [0.5, 0.6) is 0 Å². The highest BCUT2D eigenvalue weighted by Gasteiger charge is 2.15. The van der Waals surface area contributed by atoms with E-state index in [9.17, 15) is 9.18 Å². The van der Waals surface area contributed by atoms with Crippen LogP contribution < -0.4 is 11.1 Å². The van der Waals surface area contributed by atoms with Gasteiger partial charge in [0.05, 0.1) is 37.6 Å². The molecule has 3 N–H and O–H groups in total. The predicted octanol–water partition coefficient (Wildman–Crippen LogP) is 1.79. The van der Waals surface area contributed by atoms with Crippen LogP contribution in [-0.4, -0.2) is 32.3 Å². The van der Waals surface area contributed by atoms with Gasteiger partial charge >= 0.3 is 0 Å². The molecule has 1 saturated heterocycles. The van der Waals surface area contributed by atoms with E-state index in [4.69, 9.17) is 15.2 Å². The van der Waals surface area contributed by atoms with Gasteiger partial charge in [-0.15, -0.1) is 0 Å². The molecule has 1 amide bonds. The second-order valence-electron chi connectivity index (χ2n) is 4.83. The molecule has 1 fully saturated rings. The SMILES string of the molecule is Nc1cc(F)ccc1NC(=O)CCOCC1CCOC1. The molecular weight excluding hydrogens is 263 g/mol. The third-order valence-corrected chi connectivity index (χ3v) is 3.14. The van der Waals surface area contributed by atoms with E-state index < -0.39 is 5.82 Å². The summed E-state index contributed by atoms with van der Waals surface area (Å²) >= 11 is 0. The second-order valence-corrected chi connectivity index (χ2v) is 4.83. The van der Waals surface area contributed by atoms with Crippen LogP contribution in [0.3, 0.4) is 0 Å². The first-order valence-electron chi connectivity index (χ1n) is 6.65. The topological polar surface area (TPSA) is 73.6 Å². The lowest BCUT2D eigenvalue weighted by Gasteiger charge is -2.10. The Morgan fingerprint density at radius 3 is 3.10 bits per heavy atom. The molecular formula is C14H19FN2O3. The summed E-state index contributed by atoms with van der Waals surface area (Å²) in [5, 5.41) is 2.63. The summed E-state index contributed by atoms with van der Waals surface area (Å²) in [5.74, 6) is -0.195. The highest BCUT2D eigenvalue weighted by Crippen LogP contribution is 2.19. The minimum atomic E-state index is -0.428. The minimum absolute atomic E-state index is 0.203. The average Bonchev–Trinajstić information content (AvgIpc) is 2.91. The van der Waals surface area contributed by atoms with Crippen LogP contribution in [0.25, 0.3) is 0 Å². The van der Waals surface area contributed by atoms with Crippen molar-refractivity contribution in [2.75, 3.05) is 37.5 Å². The number of anilines is 2. The normalized spacial score (nSPS) is 18.1. The van der Waals surface area contributed by atoms with Crippen molar-refractivity contribution < 1.29 is 18.7 Å². The molecule has 0 bridgehead atoms. The van der Waals surface area contributed by atoms with Gasteiger partial charge in [-0.25, -0.2) is 4.39 Å². The van der Waals surface area contributed by atoms with Crippen LogP contribution in [0.1, 0.15) is 12.8 Å². The van der Waals surface area contributed by atoms with Crippen LogP contribution >= 0.6 is 0 Å². The van der Waals surface area contributed by atoms with Crippen LogP contribution in [-0.2, 0) is 14.3 Å². The second kappa shape index (κ2) is 7.21. The van der Waals surface area contributed by atoms with Crippen LogP contribution in [0.4, 0.5) is 15.8 Å². The number of hydrogen-bond donors (Lipinski definition) is 2. The molecule has 1 aliphatic rings. The number of rotatable bonds is 6. The van der Waals surface area contributed by atoms with Crippen LogP contribution in [0.2, 0.25) is 0 Å². The van der Waals surface area contributed by atoms with Gasteiger partial charge < -0.3 is 20.5 Å². The summed E-state index contributed by atoms with van der Waals surface area (Å²) in [4.78, 5) is 11.7. The number of carbonyl (C=O) groups excluding carboxylic acids is 1. The van der Waals surface area contributed by atoms with E-state index in [0.29, 0.717) is 24.8 Å². The zero-order chi connectivity index (χ0) is 14.4. The van der Waals surface area contributed by atoms with Crippen molar-refractivity contribution in [1.29, 1.82) is 0 Å². The standard InChI is InChI=1S/C14H19FN2O3/c15-11-1-2-13(12(16)7-11)17-14(18)4-6-20-9-10-3-5-19-8-10/h1-2,7,10H,3-6,8-9,16H2,(H,17,18). The highest BCUT2D eigenvalue weighted by atomic mass is 19.1. The lowest BCUT2D eigenvalue weighted by atomic mass is 10.1. The summed E-state index contributed by atoms with van der Waals surface area (Å²) in [6.07, 6.45) is 1.25. The molecule has 110 valence electrons. The van der Waals surface area contributed by atoms with E-state index in [-0.39, 0.29) is 18.0 Å². The van der Waals surface area contributed by atoms with Crippen molar-refractivity contribution in [2.45, 2.75) is 12.8 Å². The Bertz CT molecular complexity index is 462. The van der Waals surface area contributed by atoms with Crippen LogP contribution in [0, 0.1) is 11.7 Å². The Hall–Kier alpha value is -1.66. The molecule has 1 aromatic carbocycles. The predicted molar refractivity (Wildman–Crippen MR) is 73.8 cm³/mol. The molecule has 1 aliphatic heterocycles. The lowest BCUT2D eigenvalue weighted by molar-refractivity contribution is -0.117. The molecule has 1 unspecified atom stereocenters. The molecule has 0 aromatic heterocycles. The van der Waals surface area contributed by atoms with Crippen molar-refractivity contribution in [3.63, 3.8) is 0 Å². The van der Waals surface area contributed by atoms with E-state index in [1.807, 2.05) is 0 Å². The summed E-state index contributed by atoms with van der Waals surface area (Å²) < 4.78 is 23.5. The zero-order valence-electron chi connectivity index (χ0n) is 11.2. The Labute approximate surface area is 117 Å². The third-order valence-electron chi connectivity index (χ3n) is 3.14. The molecule has 0 saturated carbocycles. The Balaban J connectivity index is 1.67. The molecule has 0 radical (unpaired) electrons. The van der Waals surface area contributed by atoms with Gasteiger partial charge in [0.1, 0.15) is 5.82 Å². The van der Waals surface area contributed by atoms with Crippen molar-refractivity contribution in [3.8, 4) is 0 Å². The monoisotopic (exact) mass is 282 g/mol. The Kier molecular flexibility index (Phi) is 5.31. The van der Waals surface area contributed by atoms with Gasteiger partial charge in [0.15, 0.2) is 0 Å². The third kappa shape index (κ3) is 4.47. The molecule has 0 aliphatic carbocycles. The number of halogens is 1. The van der Waals surface area contributed by atoms with Crippen molar-refractivity contribution in [3.05, 3.63) is 24.0 Å². The van der Waals surface area contributed by atoms with Crippen molar-refractivity contribution >= 4 is 17.3 Å². The molecule has 1 heterocycles. The minimum Gasteiger partial charge on any atom is -0.397 e. The van der Waals surface area contributed by atoms with E-state index in [2.05, 4.69) is 5.32 Å². The quantitative estimate of drug-likeness (QED) is 0.616. The summed E-state index contributed by atoms with van der Waals surface area (Å²) in [7, 11) is 0. The van der Waals surface area contributed by atoms with Gasteiger partial charge in [0.2, 0.25) is 5.91 Å². The summed E-state index contributed by atoms with van der Waals surface area (Å²) in [6, 6.07) is 3.87. The number of nitrogens with two attached hydrogens (primary N) is 1. The van der Waals surface area contributed by atoms with Gasteiger partial charge in [-0.1, -0.05) is 0 Å². The number of nitrogen functional groups attached to an aromatic ring is 1. The smallest absolute Gasteiger partial charge is 0.226 e. The Morgan fingerprint density at radius 1 is 1.55 bits per heavy atom. The van der Waals surface area contributed by atoms with E-state index in [1.165, 1.54) is 18.2 Å². The number of amides is 1. The number of benzene rings is 1. The molecule has 1 atom stereocenters. The first-order valence-corrected chi connectivity index (χ1v) is 6.65. The molecule has 1 aromatic rings. The average molecular weight is 282 g/mol. The first kappa shape index (κ1) is 14.7. The van der Waals surface area contributed by atoms with Gasteiger partial charge in [-0.05, 0) is 24.6 Å². The zero-order valence-corrected chi connectivity index (χ0v) is 11.2. The fourth-order valence-corrected chi connectivity index (χ4v) is 1.99. The molecule has 20 heavy (non-hydrogen) atoms. The molecule has 6 heteroatoms. The number of nitrogens with one attached hydrogen (secondary N) is 1. The molecule has 5 nitrogen and oxygen atoms in total. The fraction of sp³-hybridized carbons (Fsp3) is 0.500. The van der Waals surface area contributed by atoms with Crippen LogP contribution in [0.15, 0.2) is 18.2 Å². The van der Waals surface area contributed by atoms with E-state index >= 15 is 0 Å². The van der Waals surface area contributed by atoms with Crippen molar-refractivity contribution in [2.24, 2.45) is 5.92 Å². The van der Waals surface area contributed by atoms with E-state index in [1.54, 1.807) is 0 Å². The lowest BCUT2D eigenvalue weighted by Crippen LogP contribution is -2.17. The first-order chi connectivity index (χ1) is 9.65. The molecule has 2 rings (SSSR count). The van der Waals surface area contributed by atoms with Crippen molar-refractivity contribution in [1.82, 2.24) is 0 Å². The van der Waals surface area contributed by atoms with Gasteiger partial charge in [0.25, 0.3) is 0 Å². The largest absolute Gasteiger partial charge is 0.397 e. The molecule has 0 spiro atoms. The van der Waals surface area contributed by atoms with Gasteiger partial charge in [0, 0.05) is 12.5 Å². The Morgan fingerprint density at radius 2 is 2.40 bits per heavy atom. The fourth-order valence-electron chi connectivity index (χ4n) is 1.99. The number of hydrogen-bond acceptors (Lipinski definition) is 4.